The average molecular weight is 272 g/mol. The molecular formula is C16H11ClFN. The largest absolute Gasteiger partial charge is 0.398 e. The lowest BCUT2D eigenvalue weighted by atomic mass is 9.98. The fourth-order valence-corrected chi connectivity index (χ4v) is 2.34. The van der Waals surface area contributed by atoms with Crippen LogP contribution >= 0.6 is 11.6 Å². The molecule has 1 nitrogen and oxygen atoms in total. The van der Waals surface area contributed by atoms with Crippen LogP contribution in [0.3, 0.4) is 0 Å². The van der Waals surface area contributed by atoms with Crippen LogP contribution in [0.25, 0.3) is 21.9 Å². The van der Waals surface area contributed by atoms with E-state index in [0.717, 1.165) is 16.5 Å². The van der Waals surface area contributed by atoms with Crippen molar-refractivity contribution in [3.05, 3.63) is 65.4 Å². The minimum atomic E-state index is -0.221. The molecule has 2 N–H and O–H groups in total. The summed E-state index contributed by atoms with van der Waals surface area (Å²) >= 11 is 5.93. The van der Waals surface area contributed by atoms with E-state index in [9.17, 15) is 4.39 Å². The van der Waals surface area contributed by atoms with Crippen molar-refractivity contribution in [2.24, 2.45) is 0 Å². The highest BCUT2D eigenvalue weighted by Gasteiger charge is 2.08. The van der Waals surface area contributed by atoms with Crippen LogP contribution in [0, 0.1) is 5.82 Å². The molecule has 19 heavy (non-hydrogen) atoms. The molecule has 0 saturated carbocycles. The van der Waals surface area contributed by atoms with E-state index in [1.165, 1.54) is 6.07 Å². The van der Waals surface area contributed by atoms with Crippen LogP contribution in [0.4, 0.5) is 10.1 Å². The maximum Gasteiger partial charge on any atom is 0.131 e. The van der Waals surface area contributed by atoms with Crippen LogP contribution in [0.1, 0.15) is 0 Å². The highest BCUT2D eigenvalue weighted by atomic mass is 35.5. The van der Waals surface area contributed by atoms with E-state index in [1.54, 1.807) is 18.2 Å². The Labute approximate surface area is 115 Å². The Balaban J connectivity index is 2.31. The van der Waals surface area contributed by atoms with E-state index in [4.69, 9.17) is 17.3 Å². The SMILES string of the molecule is Nc1cc(-c2ccc(F)c3ccccc23)ccc1Cl. The second-order valence-electron chi connectivity index (χ2n) is 4.38. The third-order valence-corrected chi connectivity index (χ3v) is 3.52. The zero-order valence-corrected chi connectivity index (χ0v) is 10.8. The molecule has 0 aliphatic carbocycles. The van der Waals surface area contributed by atoms with Crippen LogP contribution in [-0.2, 0) is 0 Å². The Hall–Kier alpha value is -2.06. The molecule has 3 aromatic rings. The molecule has 3 rings (SSSR count). The molecule has 0 fully saturated rings. The van der Waals surface area contributed by atoms with Gasteiger partial charge in [-0.25, -0.2) is 4.39 Å². The summed E-state index contributed by atoms with van der Waals surface area (Å²) in [4.78, 5) is 0. The highest BCUT2D eigenvalue weighted by molar-refractivity contribution is 6.33. The van der Waals surface area contributed by atoms with Crippen molar-refractivity contribution >= 4 is 28.1 Å². The van der Waals surface area contributed by atoms with Crippen molar-refractivity contribution in [1.82, 2.24) is 0 Å². The quantitative estimate of drug-likeness (QED) is 0.627. The first-order chi connectivity index (χ1) is 9.16. The Morgan fingerprint density at radius 3 is 2.37 bits per heavy atom. The number of nitrogens with two attached hydrogens (primary N) is 1. The first kappa shape index (κ1) is 12.0. The molecule has 0 amide bonds. The molecular weight excluding hydrogens is 261 g/mol. The van der Waals surface area contributed by atoms with Gasteiger partial charge in [-0.2, -0.15) is 0 Å². The smallest absolute Gasteiger partial charge is 0.131 e. The molecule has 0 bridgehead atoms. The zero-order chi connectivity index (χ0) is 13.4. The summed E-state index contributed by atoms with van der Waals surface area (Å²) in [7, 11) is 0. The van der Waals surface area contributed by atoms with Crippen LogP contribution in [-0.4, -0.2) is 0 Å². The summed E-state index contributed by atoms with van der Waals surface area (Å²) in [5, 5.41) is 1.99. The van der Waals surface area contributed by atoms with Crippen molar-refractivity contribution in [1.29, 1.82) is 0 Å². The molecule has 94 valence electrons. The van der Waals surface area contributed by atoms with Gasteiger partial charge in [-0.3, -0.25) is 0 Å². The number of anilines is 1. The molecule has 0 radical (unpaired) electrons. The van der Waals surface area contributed by atoms with E-state index < -0.39 is 0 Å². The van der Waals surface area contributed by atoms with Crippen LogP contribution in [0.2, 0.25) is 5.02 Å². The second kappa shape index (κ2) is 4.56. The second-order valence-corrected chi connectivity index (χ2v) is 4.78. The van der Waals surface area contributed by atoms with Gasteiger partial charge in [0, 0.05) is 5.39 Å². The Morgan fingerprint density at radius 1 is 0.895 bits per heavy atom. The van der Waals surface area contributed by atoms with E-state index in [2.05, 4.69) is 0 Å². The summed E-state index contributed by atoms with van der Waals surface area (Å²) in [6, 6.07) is 16.1. The lowest BCUT2D eigenvalue weighted by molar-refractivity contribution is 0.640. The van der Waals surface area contributed by atoms with Gasteiger partial charge in [0.25, 0.3) is 0 Å². The van der Waals surface area contributed by atoms with E-state index in [1.807, 2.05) is 30.3 Å². The number of nitrogen functional groups attached to an aromatic ring is 1. The van der Waals surface area contributed by atoms with Crippen molar-refractivity contribution < 1.29 is 4.39 Å². The summed E-state index contributed by atoms with van der Waals surface area (Å²) in [6.07, 6.45) is 0. The molecule has 0 aliphatic rings. The van der Waals surface area contributed by atoms with Crippen LogP contribution in [0.5, 0.6) is 0 Å². The van der Waals surface area contributed by atoms with Gasteiger partial charge in [-0.05, 0) is 34.7 Å². The lowest BCUT2D eigenvalue weighted by Crippen LogP contribution is -1.89. The fourth-order valence-electron chi connectivity index (χ4n) is 2.23. The maximum absolute atomic E-state index is 13.8. The Kier molecular flexibility index (Phi) is 2.88. The number of fused-ring (bicyclic) bond motifs is 1. The van der Waals surface area contributed by atoms with Crippen LogP contribution < -0.4 is 5.73 Å². The number of hydrogen-bond acceptors (Lipinski definition) is 1. The van der Waals surface area contributed by atoms with Gasteiger partial charge in [0.15, 0.2) is 0 Å². The first-order valence-corrected chi connectivity index (χ1v) is 6.27. The van der Waals surface area contributed by atoms with E-state index in [-0.39, 0.29) is 5.82 Å². The molecule has 0 aliphatic heterocycles. The molecule has 0 spiro atoms. The van der Waals surface area contributed by atoms with E-state index >= 15 is 0 Å². The molecule has 0 heterocycles. The number of benzene rings is 3. The summed E-state index contributed by atoms with van der Waals surface area (Å²) < 4.78 is 13.8. The monoisotopic (exact) mass is 271 g/mol. The van der Waals surface area contributed by atoms with Gasteiger partial charge in [0.1, 0.15) is 5.82 Å². The zero-order valence-electron chi connectivity index (χ0n) is 10.0. The standard InChI is InChI=1S/C16H11ClFN/c17-14-7-5-10(9-16(14)19)11-6-8-15(18)13-4-2-1-3-12(11)13/h1-9H,19H2. The minimum Gasteiger partial charge on any atom is -0.398 e. The summed E-state index contributed by atoms with van der Waals surface area (Å²) in [5.41, 5.74) is 8.22. The molecule has 0 unspecified atom stereocenters. The van der Waals surface area contributed by atoms with Gasteiger partial charge < -0.3 is 5.73 Å². The predicted molar refractivity (Wildman–Crippen MR) is 78.8 cm³/mol. The number of halogens is 2. The van der Waals surface area contributed by atoms with Gasteiger partial charge in [-0.15, -0.1) is 0 Å². The topological polar surface area (TPSA) is 26.0 Å². The lowest BCUT2D eigenvalue weighted by Gasteiger charge is -2.09. The molecule has 3 aromatic carbocycles. The number of hydrogen-bond donors (Lipinski definition) is 1. The average Bonchev–Trinajstić information content (AvgIpc) is 2.43. The third kappa shape index (κ3) is 2.04. The maximum atomic E-state index is 13.8. The summed E-state index contributed by atoms with van der Waals surface area (Å²) in [6.45, 7) is 0. The Morgan fingerprint density at radius 2 is 1.63 bits per heavy atom. The van der Waals surface area contributed by atoms with Gasteiger partial charge in [0.05, 0.1) is 10.7 Å². The van der Waals surface area contributed by atoms with Gasteiger partial charge in [0.2, 0.25) is 0 Å². The fraction of sp³-hybridized carbons (Fsp3) is 0. The third-order valence-electron chi connectivity index (χ3n) is 3.18. The normalized spacial score (nSPS) is 10.8. The molecule has 0 atom stereocenters. The molecule has 0 saturated heterocycles. The Bertz CT molecular complexity index is 768. The van der Waals surface area contributed by atoms with Crippen molar-refractivity contribution in [2.75, 3.05) is 5.73 Å². The van der Waals surface area contributed by atoms with Gasteiger partial charge in [-0.1, -0.05) is 48.0 Å². The van der Waals surface area contributed by atoms with E-state index in [0.29, 0.717) is 16.1 Å². The van der Waals surface area contributed by atoms with Crippen molar-refractivity contribution in [3.8, 4) is 11.1 Å². The predicted octanol–water partition coefficient (Wildman–Crippen LogP) is 4.88. The van der Waals surface area contributed by atoms with Crippen LogP contribution in [0.15, 0.2) is 54.6 Å². The van der Waals surface area contributed by atoms with Crippen molar-refractivity contribution in [3.63, 3.8) is 0 Å². The van der Waals surface area contributed by atoms with Crippen molar-refractivity contribution in [2.45, 2.75) is 0 Å². The van der Waals surface area contributed by atoms with Gasteiger partial charge >= 0.3 is 0 Å². The molecule has 3 heteroatoms. The minimum absolute atomic E-state index is 0.221. The summed E-state index contributed by atoms with van der Waals surface area (Å²) in [5.74, 6) is -0.221. The molecule has 0 aromatic heterocycles. The first-order valence-electron chi connectivity index (χ1n) is 5.89. The highest BCUT2D eigenvalue weighted by Crippen LogP contribution is 2.32. The number of rotatable bonds is 1.